The van der Waals surface area contributed by atoms with Crippen LogP contribution in [0.15, 0.2) is 243 Å². The summed E-state index contributed by atoms with van der Waals surface area (Å²) in [5.74, 6) is 1.45. The molecule has 0 saturated heterocycles. The van der Waals surface area contributed by atoms with Crippen molar-refractivity contribution in [1.29, 1.82) is 0 Å². The van der Waals surface area contributed by atoms with Gasteiger partial charge in [0.05, 0.1) is 18.6 Å². The van der Waals surface area contributed by atoms with Gasteiger partial charge in [-0.3, -0.25) is 0 Å². The molecular formula is C69H50O4. The smallest absolute Gasteiger partial charge is 0.120 e. The second-order valence-electron chi connectivity index (χ2n) is 19.1. The van der Waals surface area contributed by atoms with E-state index in [0.29, 0.717) is 0 Å². The Bertz CT molecular complexity index is 3820. The molecule has 1 aliphatic rings. The van der Waals surface area contributed by atoms with E-state index in [9.17, 15) is 10.2 Å². The Hall–Kier alpha value is -8.80. The highest BCUT2D eigenvalue weighted by atomic mass is 16.5. The molecular weight excluding hydrogens is 893 g/mol. The van der Waals surface area contributed by atoms with Crippen molar-refractivity contribution in [3.8, 4) is 67.1 Å². The summed E-state index contributed by atoms with van der Waals surface area (Å²) in [6.45, 7) is 0.368. The summed E-state index contributed by atoms with van der Waals surface area (Å²) in [6.07, 6.45) is 0. The van der Waals surface area contributed by atoms with Crippen LogP contribution in [0.3, 0.4) is 0 Å². The van der Waals surface area contributed by atoms with Crippen LogP contribution in [0.25, 0.3) is 98.7 Å². The number of hydrogen-bond donors (Lipinski definition) is 2. The average Bonchev–Trinajstić information content (AvgIpc) is 3.77. The predicted octanol–water partition coefficient (Wildman–Crippen LogP) is 16.1. The van der Waals surface area contributed by atoms with Crippen molar-refractivity contribution >= 4 is 43.1 Å². The summed E-state index contributed by atoms with van der Waals surface area (Å²) in [6, 6.07) is 88.6. The molecule has 350 valence electrons. The molecule has 12 aromatic carbocycles. The monoisotopic (exact) mass is 942 g/mol. The van der Waals surface area contributed by atoms with Crippen LogP contribution in [0.5, 0.6) is 11.5 Å². The topological polar surface area (TPSA) is 58.9 Å². The molecule has 13 rings (SSSR count). The Labute approximate surface area is 424 Å². The normalized spacial score (nSPS) is 12.6. The van der Waals surface area contributed by atoms with Crippen molar-refractivity contribution in [2.45, 2.75) is 5.41 Å². The van der Waals surface area contributed by atoms with Crippen LogP contribution in [-0.4, -0.2) is 36.6 Å². The molecule has 0 unspecified atom stereocenters. The number of rotatable bonds is 12. The number of ether oxygens (including phenoxy) is 2. The standard InChI is InChI=1S/C69H50O4/c70-33-35-72-59-29-23-49-39-57(27-21-51(49)41-59)69(58-28-22-52-42-60(73-36-34-71)30-24-50(52)40-58)67-43-53(47-13-5-15-55(37-47)63-19-7-11-45-9-1-3-17-61(45)63)25-31-65(67)66-32-26-54(44-68(66)69)48-14-6-16-56(38-48)64-20-8-12-46-10-2-4-18-62(46)64/h1-32,37-44,70-71H,33-36H2. The highest BCUT2D eigenvalue weighted by Crippen LogP contribution is 2.58. The molecule has 1 aliphatic carbocycles. The summed E-state index contributed by atoms with van der Waals surface area (Å²) in [5, 5.41) is 28.3. The van der Waals surface area contributed by atoms with Gasteiger partial charge in [-0.25, -0.2) is 0 Å². The SMILES string of the molecule is OCCOc1ccc2cc(C3(c4ccc5cc(OCCO)ccc5c4)c4cc(-c5cccc(-c6cccc7ccccc67)c5)ccc4-c4ccc(-c5cccc(-c6cccc7ccccc67)c5)cc43)ccc2c1. The van der Waals surface area contributed by atoms with Crippen molar-refractivity contribution in [3.05, 3.63) is 265 Å². The van der Waals surface area contributed by atoms with E-state index in [2.05, 4.69) is 231 Å². The second kappa shape index (κ2) is 18.4. The van der Waals surface area contributed by atoms with E-state index >= 15 is 0 Å². The molecule has 12 aromatic rings. The summed E-state index contributed by atoms with van der Waals surface area (Å²) in [5.41, 5.74) is 15.7. The first-order chi connectivity index (χ1) is 36.0. The Kier molecular flexibility index (Phi) is 11.1. The molecule has 0 radical (unpaired) electrons. The molecule has 0 aromatic heterocycles. The first kappa shape index (κ1) is 44.2. The van der Waals surface area contributed by atoms with Gasteiger partial charge in [0.2, 0.25) is 0 Å². The van der Waals surface area contributed by atoms with Crippen LogP contribution < -0.4 is 9.47 Å². The van der Waals surface area contributed by atoms with Crippen molar-refractivity contribution in [3.63, 3.8) is 0 Å². The van der Waals surface area contributed by atoms with Gasteiger partial charge in [0, 0.05) is 0 Å². The summed E-state index contributed by atoms with van der Waals surface area (Å²) < 4.78 is 11.8. The first-order valence-corrected chi connectivity index (χ1v) is 25.1. The highest BCUT2D eigenvalue weighted by Gasteiger charge is 2.47. The van der Waals surface area contributed by atoms with Gasteiger partial charge in [-0.1, -0.05) is 182 Å². The number of hydrogen-bond acceptors (Lipinski definition) is 4. The molecule has 0 bridgehead atoms. The fourth-order valence-corrected chi connectivity index (χ4v) is 11.6. The molecule has 0 saturated carbocycles. The van der Waals surface area contributed by atoms with E-state index in [1.165, 1.54) is 66.1 Å². The van der Waals surface area contributed by atoms with Gasteiger partial charge in [0.25, 0.3) is 0 Å². The molecule has 4 heteroatoms. The lowest BCUT2D eigenvalue weighted by molar-refractivity contribution is 0.201. The minimum Gasteiger partial charge on any atom is -0.491 e. The van der Waals surface area contributed by atoms with Gasteiger partial charge in [-0.05, 0) is 182 Å². The second-order valence-corrected chi connectivity index (χ2v) is 19.1. The van der Waals surface area contributed by atoms with Crippen molar-refractivity contribution in [2.75, 3.05) is 26.4 Å². The lowest BCUT2D eigenvalue weighted by Gasteiger charge is -2.35. The third-order valence-electron chi connectivity index (χ3n) is 14.9. The van der Waals surface area contributed by atoms with Crippen molar-refractivity contribution in [2.24, 2.45) is 0 Å². The zero-order chi connectivity index (χ0) is 48.9. The van der Waals surface area contributed by atoms with E-state index in [-0.39, 0.29) is 26.4 Å². The summed E-state index contributed by atoms with van der Waals surface area (Å²) in [4.78, 5) is 0. The quantitative estimate of drug-likeness (QED) is 0.128. The number of aliphatic hydroxyl groups is 2. The van der Waals surface area contributed by atoms with Crippen LogP contribution in [0.4, 0.5) is 0 Å². The molecule has 2 N–H and O–H groups in total. The lowest BCUT2D eigenvalue weighted by atomic mass is 9.66. The fourth-order valence-electron chi connectivity index (χ4n) is 11.6. The summed E-state index contributed by atoms with van der Waals surface area (Å²) >= 11 is 0. The third-order valence-corrected chi connectivity index (χ3v) is 14.9. The maximum Gasteiger partial charge on any atom is 0.120 e. The lowest BCUT2D eigenvalue weighted by Crippen LogP contribution is -2.28. The first-order valence-electron chi connectivity index (χ1n) is 25.1. The van der Waals surface area contributed by atoms with Crippen LogP contribution >= 0.6 is 0 Å². The fraction of sp³-hybridized carbons (Fsp3) is 0.0725. The van der Waals surface area contributed by atoms with Gasteiger partial charge in [-0.15, -0.1) is 0 Å². The van der Waals surface area contributed by atoms with E-state index in [1.54, 1.807) is 0 Å². The molecule has 0 heterocycles. The van der Waals surface area contributed by atoms with Crippen LogP contribution in [0.1, 0.15) is 22.3 Å². The molecule has 0 fully saturated rings. The third kappa shape index (κ3) is 7.71. The minimum absolute atomic E-state index is 0.0496. The average molecular weight is 943 g/mol. The van der Waals surface area contributed by atoms with Crippen LogP contribution in [-0.2, 0) is 5.41 Å². The maximum absolute atomic E-state index is 9.56. The number of fused-ring (bicyclic) bond motifs is 7. The highest BCUT2D eigenvalue weighted by molar-refractivity contribution is 6.00. The van der Waals surface area contributed by atoms with Crippen LogP contribution in [0, 0.1) is 0 Å². The largest absolute Gasteiger partial charge is 0.491 e. The van der Waals surface area contributed by atoms with E-state index in [0.717, 1.165) is 66.4 Å². The predicted molar refractivity (Wildman–Crippen MR) is 301 cm³/mol. The van der Waals surface area contributed by atoms with Gasteiger partial charge < -0.3 is 19.7 Å². The molecule has 4 nitrogen and oxygen atoms in total. The van der Waals surface area contributed by atoms with Crippen LogP contribution in [0.2, 0.25) is 0 Å². The van der Waals surface area contributed by atoms with E-state index in [4.69, 9.17) is 9.47 Å². The Morgan fingerprint density at radius 3 is 1.16 bits per heavy atom. The van der Waals surface area contributed by atoms with E-state index in [1.807, 2.05) is 12.1 Å². The molecule has 0 spiro atoms. The zero-order valence-electron chi connectivity index (χ0n) is 40.1. The minimum atomic E-state index is -0.780. The molecule has 0 amide bonds. The Morgan fingerprint density at radius 2 is 0.685 bits per heavy atom. The van der Waals surface area contributed by atoms with Crippen molar-refractivity contribution in [1.82, 2.24) is 0 Å². The Morgan fingerprint density at radius 1 is 0.288 bits per heavy atom. The maximum atomic E-state index is 9.56. The van der Waals surface area contributed by atoms with Gasteiger partial charge in [0.15, 0.2) is 0 Å². The Balaban J connectivity index is 1.05. The molecule has 73 heavy (non-hydrogen) atoms. The van der Waals surface area contributed by atoms with Gasteiger partial charge >= 0.3 is 0 Å². The molecule has 0 atom stereocenters. The molecule has 0 aliphatic heterocycles. The van der Waals surface area contributed by atoms with Crippen molar-refractivity contribution < 1.29 is 19.7 Å². The van der Waals surface area contributed by atoms with Gasteiger partial charge in [0.1, 0.15) is 24.7 Å². The number of benzene rings is 12. The van der Waals surface area contributed by atoms with E-state index < -0.39 is 5.41 Å². The summed E-state index contributed by atoms with van der Waals surface area (Å²) in [7, 11) is 0. The van der Waals surface area contributed by atoms with Gasteiger partial charge in [-0.2, -0.15) is 0 Å². The zero-order valence-corrected chi connectivity index (χ0v) is 40.1. The number of aliphatic hydroxyl groups excluding tert-OH is 2.